The molecule has 0 radical (unpaired) electrons. The van der Waals surface area contributed by atoms with Gasteiger partial charge in [-0.2, -0.15) is 5.10 Å². The zero-order valence-electron chi connectivity index (χ0n) is 12.5. The Morgan fingerprint density at radius 1 is 1.55 bits per heavy atom. The number of hydrogen-bond donors (Lipinski definition) is 1. The summed E-state index contributed by atoms with van der Waals surface area (Å²) in [4.78, 5) is 14.3. The van der Waals surface area contributed by atoms with Gasteiger partial charge in [0, 0.05) is 12.7 Å². The van der Waals surface area contributed by atoms with Crippen LogP contribution in [0.5, 0.6) is 0 Å². The lowest BCUT2D eigenvalue weighted by atomic mass is 10.1. The minimum atomic E-state index is -0.298. The normalized spacial score (nSPS) is 23.9. The minimum Gasteiger partial charge on any atom is -0.394 e. The summed E-state index contributed by atoms with van der Waals surface area (Å²) in [6, 6.07) is 0.00304. The van der Waals surface area contributed by atoms with Crippen LogP contribution in [0.4, 0.5) is 0 Å². The lowest BCUT2D eigenvalue weighted by Crippen LogP contribution is -2.52. The van der Waals surface area contributed by atoms with E-state index in [0.29, 0.717) is 18.7 Å². The number of aliphatic hydroxyl groups is 1. The summed E-state index contributed by atoms with van der Waals surface area (Å²) < 4.78 is 7.24. The predicted molar refractivity (Wildman–Crippen MR) is 74.5 cm³/mol. The molecule has 6 nitrogen and oxygen atoms in total. The van der Waals surface area contributed by atoms with Gasteiger partial charge in [-0.3, -0.25) is 9.48 Å². The van der Waals surface area contributed by atoms with Gasteiger partial charge in [0.2, 0.25) is 0 Å². The second kappa shape index (κ2) is 5.54. The van der Waals surface area contributed by atoms with Crippen molar-refractivity contribution in [2.75, 3.05) is 19.8 Å². The molecule has 6 heteroatoms. The van der Waals surface area contributed by atoms with Crippen molar-refractivity contribution in [2.45, 2.75) is 45.4 Å². The molecule has 112 valence electrons. The molecule has 1 aromatic rings. The third-order valence-electron chi connectivity index (χ3n) is 3.49. The van der Waals surface area contributed by atoms with Crippen LogP contribution in [0.25, 0.3) is 0 Å². The highest BCUT2D eigenvalue weighted by atomic mass is 16.5. The van der Waals surface area contributed by atoms with Crippen LogP contribution in [0.2, 0.25) is 0 Å². The van der Waals surface area contributed by atoms with Crippen molar-refractivity contribution in [2.24, 2.45) is 0 Å². The lowest BCUT2D eigenvalue weighted by Gasteiger charge is -2.37. The second-order valence-electron chi connectivity index (χ2n) is 6.29. The number of rotatable bonds is 2. The molecule has 1 saturated heterocycles. The molecule has 20 heavy (non-hydrogen) atoms. The SMILES string of the molecule is CC1COC(CO)CN1C(=O)c1cnn(C(C)(C)C)c1. The van der Waals surface area contributed by atoms with Crippen LogP contribution in [-0.4, -0.2) is 57.6 Å². The Morgan fingerprint density at radius 3 is 2.80 bits per heavy atom. The molecule has 0 spiro atoms. The number of morpholine rings is 1. The molecule has 0 saturated carbocycles. The maximum Gasteiger partial charge on any atom is 0.257 e. The molecule has 2 heterocycles. The fourth-order valence-corrected chi connectivity index (χ4v) is 2.18. The molecule has 1 N–H and O–H groups in total. The smallest absolute Gasteiger partial charge is 0.257 e. The summed E-state index contributed by atoms with van der Waals surface area (Å²) >= 11 is 0. The van der Waals surface area contributed by atoms with Crippen molar-refractivity contribution in [1.82, 2.24) is 14.7 Å². The summed E-state index contributed by atoms with van der Waals surface area (Å²) in [5.74, 6) is -0.0604. The quantitative estimate of drug-likeness (QED) is 0.873. The Balaban J connectivity index is 2.15. The van der Waals surface area contributed by atoms with Crippen LogP contribution in [-0.2, 0) is 10.3 Å². The molecule has 0 aliphatic carbocycles. The summed E-state index contributed by atoms with van der Waals surface area (Å²) in [6.45, 7) is 8.84. The topological polar surface area (TPSA) is 67.6 Å². The van der Waals surface area contributed by atoms with Crippen molar-refractivity contribution in [1.29, 1.82) is 0 Å². The van der Waals surface area contributed by atoms with Crippen molar-refractivity contribution in [3.05, 3.63) is 18.0 Å². The van der Waals surface area contributed by atoms with E-state index in [1.807, 2.05) is 27.7 Å². The van der Waals surface area contributed by atoms with E-state index >= 15 is 0 Å². The number of carbonyl (C=O) groups is 1. The number of hydrogen-bond acceptors (Lipinski definition) is 4. The molecule has 0 bridgehead atoms. The highest BCUT2D eigenvalue weighted by molar-refractivity contribution is 5.94. The minimum absolute atomic E-state index is 0.00304. The monoisotopic (exact) mass is 281 g/mol. The summed E-state index contributed by atoms with van der Waals surface area (Å²) in [5.41, 5.74) is 0.424. The number of nitrogens with zero attached hydrogens (tertiary/aromatic N) is 3. The van der Waals surface area contributed by atoms with Crippen molar-refractivity contribution in [3.8, 4) is 0 Å². The summed E-state index contributed by atoms with van der Waals surface area (Å²) in [6.07, 6.45) is 3.08. The van der Waals surface area contributed by atoms with Gasteiger partial charge in [0.1, 0.15) is 0 Å². The number of aliphatic hydroxyl groups excluding tert-OH is 1. The van der Waals surface area contributed by atoms with Gasteiger partial charge in [0.15, 0.2) is 0 Å². The van der Waals surface area contributed by atoms with Crippen LogP contribution in [0, 0.1) is 0 Å². The molecule has 1 aromatic heterocycles. The zero-order valence-corrected chi connectivity index (χ0v) is 12.5. The second-order valence-corrected chi connectivity index (χ2v) is 6.29. The van der Waals surface area contributed by atoms with E-state index in [0.717, 1.165) is 0 Å². The number of carbonyl (C=O) groups excluding carboxylic acids is 1. The van der Waals surface area contributed by atoms with Crippen LogP contribution in [0.15, 0.2) is 12.4 Å². The summed E-state index contributed by atoms with van der Waals surface area (Å²) in [5, 5.41) is 13.4. The van der Waals surface area contributed by atoms with Gasteiger partial charge in [0.25, 0.3) is 5.91 Å². The molecular formula is C14H23N3O3. The zero-order chi connectivity index (χ0) is 14.9. The average molecular weight is 281 g/mol. The van der Waals surface area contributed by atoms with E-state index in [1.54, 1.807) is 22.0 Å². The first-order valence-corrected chi connectivity index (χ1v) is 6.91. The van der Waals surface area contributed by atoms with Gasteiger partial charge < -0.3 is 14.7 Å². The predicted octanol–water partition coefficient (Wildman–Crippen LogP) is 0.860. The average Bonchev–Trinajstić information content (AvgIpc) is 2.88. The molecule has 0 aromatic carbocycles. The van der Waals surface area contributed by atoms with Gasteiger partial charge in [-0.25, -0.2) is 0 Å². The first-order valence-electron chi connectivity index (χ1n) is 6.91. The number of ether oxygens (including phenoxy) is 1. The van der Waals surface area contributed by atoms with E-state index in [-0.39, 0.29) is 30.2 Å². The third kappa shape index (κ3) is 3.02. The lowest BCUT2D eigenvalue weighted by molar-refractivity contribution is -0.0667. The molecule has 1 aliphatic heterocycles. The van der Waals surface area contributed by atoms with Crippen molar-refractivity contribution >= 4 is 5.91 Å². The van der Waals surface area contributed by atoms with E-state index in [9.17, 15) is 9.90 Å². The number of aromatic nitrogens is 2. The Bertz CT molecular complexity index is 478. The highest BCUT2D eigenvalue weighted by Gasteiger charge is 2.30. The Morgan fingerprint density at radius 2 is 2.25 bits per heavy atom. The first kappa shape index (κ1) is 15.0. The van der Waals surface area contributed by atoms with Gasteiger partial charge in [-0.15, -0.1) is 0 Å². The molecule has 2 atom stereocenters. The standard InChI is InChI=1S/C14H23N3O3/c1-10-9-20-12(8-18)7-16(10)13(19)11-5-15-17(6-11)14(2,3)4/h5-6,10,12,18H,7-9H2,1-4H3. The summed E-state index contributed by atoms with van der Waals surface area (Å²) in [7, 11) is 0. The van der Waals surface area contributed by atoms with Gasteiger partial charge >= 0.3 is 0 Å². The fourth-order valence-electron chi connectivity index (χ4n) is 2.18. The molecular weight excluding hydrogens is 258 g/mol. The van der Waals surface area contributed by atoms with E-state index in [4.69, 9.17) is 4.74 Å². The van der Waals surface area contributed by atoms with Crippen LogP contribution >= 0.6 is 0 Å². The largest absolute Gasteiger partial charge is 0.394 e. The Labute approximate surface area is 119 Å². The van der Waals surface area contributed by atoms with Crippen LogP contribution in [0.3, 0.4) is 0 Å². The van der Waals surface area contributed by atoms with E-state index in [1.165, 1.54) is 0 Å². The van der Waals surface area contributed by atoms with Crippen LogP contribution in [0.1, 0.15) is 38.1 Å². The fraction of sp³-hybridized carbons (Fsp3) is 0.714. The van der Waals surface area contributed by atoms with Crippen molar-refractivity contribution in [3.63, 3.8) is 0 Å². The Kier molecular flexibility index (Phi) is 4.15. The first-order chi connectivity index (χ1) is 9.32. The van der Waals surface area contributed by atoms with Gasteiger partial charge in [0.05, 0.1) is 42.7 Å². The molecule has 1 fully saturated rings. The maximum absolute atomic E-state index is 12.5. The van der Waals surface area contributed by atoms with Crippen molar-refractivity contribution < 1.29 is 14.6 Å². The number of amides is 1. The van der Waals surface area contributed by atoms with E-state index < -0.39 is 0 Å². The van der Waals surface area contributed by atoms with E-state index in [2.05, 4.69) is 5.10 Å². The molecule has 2 unspecified atom stereocenters. The molecule has 2 rings (SSSR count). The van der Waals surface area contributed by atoms with Gasteiger partial charge in [-0.05, 0) is 27.7 Å². The highest BCUT2D eigenvalue weighted by Crippen LogP contribution is 2.18. The van der Waals surface area contributed by atoms with Crippen LogP contribution < -0.4 is 0 Å². The maximum atomic E-state index is 12.5. The Hall–Kier alpha value is -1.40. The third-order valence-corrected chi connectivity index (χ3v) is 3.49. The molecule has 1 aliphatic rings. The molecule has 1 amide bonds. The van der Waals surface area contributed by atoms with Gasteiger partial charge in [-0.1, -0.05) is 0 Å².